The zero-order valence-corrected chi connectivity index (χ0v) is 18.3. The first-order chi connectivity index (χ1) is 15.0. The van der Waals surface area contributed by atoms with Crippen LogP contribution in [-0.2, 0) is 16.1 Å². The van der Waals surface area contributed by atoms with Crippen molar-refractivity contribution in [3.63, 3.8) is 0 Å². The van der Waals surface area contributed by atoms with Crippen molar-refractivity contribution in [3.05, 3.63) is 59.7 Å². The van der Waals surface area contributed by atoms with Crippen LogP contribution in [0.5, 0.6) is 5.75 Å². The fourth-order valence-corrected chi connectivity index (χ4v) is 4.04. The molecule has 1 saturated heterocycles. The largest absolute Gasteiger partial charge is 0.488 e. The second-order valence-corrected chi connectivity index (χ2v) is 8.39. The third kappa shape index (κ3) is 5.25. The number of nitrogens with zero attached hydrogens (tertiary/aromatic N) is 2. The lowest BCUT2D eigenvalue weighted by Gasteiger charge is -2.24. The van der Waals surface area contributed by atoms with E-state index >= 15 is 0 Å². The van der Waals surface area contributed by atoms with Crippen LogP contribution >= 0.6 is 0 Å². The Labute approximate surface area is 183 Å². The molecule has 2 aliphatic rings. The maximum Gasteiger partial charge on any atom is 0.254 e. The van der Waals surface area contributed by atoms with Gasteiger partial charge in [-0.25, -0.2) is 0 Å². The molecule has 31 heavy (non-hydrogen) atoms. The Morgan fingerprint density at radius 3 is 2.61 bits per heavy atom. The van der Waals surface area contributed by atoms with Crippen molar-refractivity contribution < 1.29 is 19.1 Å². The normalized spacial score (nSPS) is 17.0. The minimum absolute atomic E-state index is 0.0286. The van der Waals surface area contributed by atoms with Crippen molar-refractivity contribution >= 4 is 17.5 Å². The van der Waals surface area contributed by atoms with Crippen molar-refractivity contribution in [1.29, 1.82) is 0 Å². The Kier molecular flexibility index (Phi) is 6.56. The maximum absolute atomic E-state index is 13.3. The number of carbonyl (C=O) groups is 2. The average Bonchev–Trinajstić information content (AvgIpc) is 3.52. The molecule has 1 aliphatic heterocycles. The minimum atomic E-state index is -0.0394. The Morgan fingerprint density at radius 1 is 1.19 bits per heavy atom. The van der Waals surface area contributed by atoms with E-state index in [4.69, 9.17) is 9.47 Å². The number of methoxy groups -OCH3 is 1. The van der Waals surface area contributed by atoms with Gasteiger partial charge in [-0.2, -0.15) is 0 Å². The van der Waals surface area contributed by atoms with Crippen LogP contribution in [0.1, 0.15) is 48.5 Å². The first-order valence-electron chi connectivity index (χ1n) is 11.0. The van der Waals surface area contributed by atoms with E-state index in [2.05, 4.69) is 0 Å². The van der Waals surface area contributed by atoms with Gasteiger partial charge in [0.15, 0.2) is 0 Å². The van der Waals surface area contributed by atoms with Crippen LogP contribution in [0, 0.1) is 0 Å². The second kappa shape index (κ2) is 9.52. The lowest BCUT2D eigenvalue weighted by atomic mass is 10.1. The van der Waals surface area contributed by atoms with Crippen LogP contribution in [-0.4, -0.2) is 49.1 Å². The minimum Gasteiger partial charge on any atom is -0.488 e. The van der Waals surface area contributed by atoms with Gasteiger partial charge in [0.25, 0.3) is 5.91 Å². The van der Waals surface area contributed by atoms with Crippen molar-refractivity contribution in [2.24, 2.45) is 0 Å². The highest BCUT2D eigenvalue weighted by atomic mass is 16.5. The molecule has 1 saturated carbocycles. The van der Waals surface area contributed by atoms with Crippen molar-refractivity contribution in [2.75, 3.05) is 25.2 Å². The van der Waals surface area contributed by atoms with Crippen LogP contribution in [0.25, 0.3) is 0 Å². The molecule has 2 aromatic carbocycles. The van der Waals surface area contributed by atoms with Gasteiger partial charge in [0, 0.05) is 43.9 Å². The molecule has 164 valence electrons. The van der Waals surface area contributed by atoms with Gasteiger partial charge >= 0.3 is 0 Å². The number of hydrogen-bond donors (Lipinski definition) is 0. The average molecular weight is 423 g/mol. The van der Waals surface area contributed by atoms with Crippen LogP contribution in [0.4, 0.5) is 5.69 Å². The molecule has 1 heterocycles. The Morgan fingerprint density at radius 2 is 1.97 bits per heavy atom. The molecule has 1 aliphatic carbocycles. The molecular weight excluding hydrogens is 392 g/mol. The van der Waals surface area contributed by atoms with Crippen LogP contribution in [0.3, 0.4) is 0 Å². The summed E-state index contributed by atoms with van der Waals surface area (Å²) in [7, 11) is 1.66. The highest BCUT2D eigenvalue weighted by Crippen LogP contribution is 2.31. The lowest BCUT2D eigenvalue weighted by Crippen LogP contribution is -2.32. The van der Waals surface area contributed by atoms with E-state index in [9.17, 15) is 9.59 Å². The van der Waals surface area contributed by atoms with Gasteiger partial charge in [-0.1, -0.05) is 12.1 Å². The van der Waals surface area contributed by atoms with Gasteiger partial charge < -0.3 is 19.3 Å². The number of rotatable bonds is 9. The third-order valence-electron chi connectivity index (χ3n) is 5.74. The van der Waals surface area contributed by atoms with E-state index in [0.717, 1.165) is 42.8 Å². The molecule has 2 amide bonds. The molecule has 0 aromatic heterocycles. The van der Waals surface area contributed by atoms with Gasteiger partial charge in [-0.15, -0.1) is 0 Å². The zero-order chi connectivity index (χ0) is 21.8. The molecule has 0 radical (unpaired) electrons. The molecular formula is C25H30N2O4. The number of ether oxygens (including phenoxy) is 2. The quantitative estimate of drug-likeness (QED) is 0.612. The molecule has 4 rings (SSSR count). The molecule has 0 spiro atoms. The molecule has 2 aromatic rings. The van der Waals surface area contributed by atoms with E-state index < -0.39 is 0 Å². The monoisotopic (exact) mass is 422 g/mol. The van der Waals surface area contributed by atoms with E-state index in [1.54, 1.807) is 12.0 Å². The molecule has 6 nitrogen and oxygen atoms in total. The zero-order valence-electron chi connectivity index (χ0n) is 18.3. The summed E-state index contributed by atoms with van der Waals surface area (Å²) in [5.74, 6) is 0.964. The van der Waals surface area contributed by atoms with Crippen LogP contribution in [0.15, 0.2) is 48.5 Å². The summed E-state index contributed by atoms with van der Waals surface area (Å²) < 4.78 is 11.0. The SMILES string of the molecule is COCC(C)Oc1cccc(CN(C(=O)c2ccc(N3CCCC3=O)cc2)C2CC2)c1. The number of anilines is 1. The van der Waals surface area contributed by atoms with E-state index in [-0.39, 0.29) is 24.0 Å². The lowest BCUT2D eigenvalue weighted by molar-refractivity contribution is -0.117. The summed E-state index contributed by atoms with van der Waals surface area (Å²) >= 11 is 0. The predicted octanol–water partition coefficient (Wildman–Crippen LogP) is 4.03. The summed E-state index contributed by atoms with van der Waals surface area (Å²) in [5, 5.41) is 0. The number of benzene rings is 2. The fourth-order valence-electron chi connectivity index (χ4n) is 4.04. The standard InChI is InChI=1S/C25H30N2O4/c1-18(17-30-2)31-23-6-3-5-19(15-23)16-27(22-12-13-22)25(29)20-8-10-21(11-9-20)26-14-4-7-24(26)28/h3,5-6,8-11,15,18,22H,4,7,12-14,16-17H2,1-2H3. The fraction of sp³-hybridized carbons (Fsp3) is 0.440. The van der Waals surface area contributed by atoms with Crippen molar-refractivity contribution in [1.82, 2.24) is 4.90 Å². The summed E-state index contributed by atoms with van der Waals surface area (Å²) in [6, 6.07) is 15.6. The maximum atomic E-state index is 13.3. The second-order valence-electron chi connectivity index (χ2n) is 8.39. The van der Waals surface area contributed by atoms with Gasteiger partial charge in [0.05, 0.1) is 6.61 Å². The Balaban J connectivity index is 1.45. The van der Waals surface area contributed by atoms with Crippen molar-refractivity contribution in [3.8, 4) is 5.75 Å². The summed E-state index contributed by atoms with van der Waals surface area (Å²) in [6.07, 6.45) is 3.52. The van der Waals surface area contributed by atoms with Gasteiger partial charge in [0.1, 0.15) is 11.9 Å². The highest BCUT2D eigenvalue weighted by Gasteiger charge is 2.33. The highest BCUT2D eigenvalue weighted by molar-refractivity contribution is 5.97. The molecule has 0 bridgehead atoms. The summed E-state index contributed by atoms with van der Waals surface area (Å²) in [5.41, 5.74) is 2.57. The number of amides is 2. The van der Waals surface area contributed by atoms with Crippen molar-refractivity contribution in [2.45, 2.75) is 51.3 Å². The topological polar surface area (TPSA) is 59.1 Å². The molecule has 6 heteroatoms. The van der Waals surface area contributed by atoms with Crippen LogP contribution in [0.2, 0.25) is 0 Å². The summed E-state index contributed by atoms with van der Waals surface area (Å²) in [4.78, 5) is 29.0. The first-order valence-corrected chi connectivity index (χ1v) is 11.0. The Hall–Kier alpha value is -2.86. The Bertz CT molecular complexity index is 923. The van der Waals surface area contributed by atoms with Gasteiger partial charge in [-0.05, 0) is 68.1 Å². The van der Waals surface area contributed by atoms with Gasteiger partial charge in [0.2, 0.25) is 5.91 Å². The smallest absolute Gasteiger partial charge is 0.254 e. The molecule has 1 unspecified atom stereocenters. The van der Waals surface area contributed by atoms with Crippen LogP contribution < -0.4 is 9.64 Å². The summed E-state index contributed by atoms with van der Waals surface area (Å²) in [6.45, 7) is 3.79. The molecule has 1 atom stereocenters. The van der Waals surface area contributed by atoms with E-state index in [1.807, 2.05) is 60.4 Å². The van der Waals surface area contributed by atoms with Gasteiger partial charge in [-0.3, -0.25) is 9.59 Å². The first kappa shape index (κ1) is 21.4. The number of hydrogen-bond acceptors (Lipinski definition) is 4. The van der Waals surface area contributed by atoms with E-state index in [1.165, 1.54) is 0 Å². The van der Waals surface area contributed by atoms with E-state index in [0.29, 0.717) is 25.1 Å². The molecule has 0 N–H and O–H groups in total. The molecule has 2 fully saturated rings. The number of carbonyl (C=O) groups excluding carboxylic acids is 2. The third-order valence-corrected chi connectivity index (χ3v) is 5.74. The predicted molar refractivity (Wildman–Crippen MR) is 119 cm³/mol.